The number of aromatic nitrogens is 3. The summed E-state index contributed by atoms with van der Waals surface area (Å²) in [5.41, 5.74) is 5.77. The van der Waals surface area contributed by atoms with Gasteiger partial charge in [0.1, 0.15) is 11.5 Å². The van der Waals surface area contributed by atoms with E-state index in [1.807, 2.05) is 0 Å². The van der Waals surface area contributed by atoms with Gasteiger partial charge in [0.2, 0.25) is 0 Å². The molecule has 0 aromatic carbocycles. The highest BCUT2D eigenvalue weighted by atomic mass is 16.1. The summed E-state index contributed by atoms with van der Waals surface area (Å²) in [6, 6.07) is 2.97. The molecule has 0 radical (unpaired) electrons. The second-order valence-electron chi connectivity index (χ2n) is 2.19. The minimum Gasteiger partial charge on any atom is -0.385 e. The Morgan fingerprint density at radius 2 is 2.45 bits per heavy atom. The van der Waals surface area contributed by atoms with Gasteiger partial charge in [-0.15, -0.1) is 0 Å². The van der Waals surface area contributed by atoms with E-state index in [9.17, 15) is 4.79 Å². The molecule has 0 saturated carbocycles. The lowest BCUT2D eigenvalue weighted by Gasteiger charge is -1.93. The minimum absolute atomic E-state index is 0.221. The molecule has 2 aromatic heterocycles. The molecule has 0 fully saturated rings. The maximum absolute atomic E-state index is 11.1. The summed E-state index contributed by atoms with van der Waals surface area (Å²) >= 11 is 0. The van der Waals surface area contributed by atoms with Crippen molar-refractivity contribution in [2.75, 3.05) is 5.73 Å². The zero-order valence-electron chi connectivity index (χ0n) is 5.61. The average Bonchev–Trinajstić information content (AvgIpc) is 2.34. The Morgan fingerprint density at radius 1 is 1.64 bits per heavy atom. The largest absolute Gasteiger partial charge is 0.385 e. The molecule has 0 spiro atoms. The molecule has 0 atom stereocenters. The molecule has 2 aromatic rings. The molecule has 11 heavy (non-hydrogen) atoms. The fourth-order valence-electron chi connectivity index (χ4n) is 0.952. The molecule has 3 N–H and O–H groups in total. The lowest BCUT2D eigenvalue weighted by Crippen LogP contribution is -2.14. The molecule has 2 heterocycles. The number of anilines is 1. The first-order valence-electron chi connectivity index (χ1n) is 3.10. The van der Waals surface area contributed by atoms with Crippen LogP contribution in [0, 0.1) is 0 Å². The van der Waals surface area contributed by atoms with E-state index in [0.717, 1.165) is 0 Å². The number of nitrogens with one attached hydrogen (secondary N) is 1. The predicted molar refractivity (Wildman–Crippen MR) is 40.2 cm³/mol. The third-order valence-electron chi connectivity index (χ3n) is 1.40. The zero-order valence-corrected chi connectivity index (χ0v) is 5.61. The summed E-state index contributed by atoms with van der Waals surface area (Å²) in [5.74, 6) is 0.350. The molecular formula is C6H6N4O. The van der Waals surface area contributed by atoms with Crippen molar-refractivity contribution in [3.8, 4) is 0 Å². The molecule has 0 unspecified atom stereocenters. The van der Waals surface area contributed by atoms with Crippen LogP contribution in [0.2, 0.25) is 0 Å². The summed E-state index contributed by atoms with van der Waals surface area (Å²) in [6.07, 6.45) is 1.53. The molecular weight excluding hydrogens is 144 g/mol. The van der Waals surface area contributed by atoms with Crippen molar-refractivity contribution in [2.24, 2.45) is 0 Å². The summed E-state index contributed by atoms with van der Waals surface area (Å²) in [7, 11) is 0. The van der Waals surface area contributed by atoms with Crippen LogP contribution in [0.1, 0.15) is 0 Å². The molecule has 56 valence electrons. The number of hydrogen-bond acceptors (Lipinski definition) is 3. The maximum Gasteiger partial charge on any atom is 0.276 e. The van der Waals surface area contributed by atoms with Gasteiger partial charge in [0.15, 0.2) is 0 Å². The summed E-state index contributed by atoms with van der Waals surface area (Å²) in [6.45, 7) is 0. The Kier molecular flexibility index (Phi) is 1.00. The number of nitrogens with zero attached hydrogens (tertiary/aromatic N) is 2. The van der Waals surface area contributed by atoms with Crippen molar-refractivity contribution < 1.29 is 0 Å². The van der Waals surface area contributed by atoms with Crippen LogP contribution >= 0.6 is 0 Å². The van der Waals surface area contributed by atoms with Crippen molar-refractivity contribution in [3.05, 3.63) is 28.7 Å². The third kappa shape index (κ3) is 0.778. The fraction of sp³-hybridized carbons (Fsp3) is 0. The first kappa shape index (κ1) is 5.96. The summed E-state index contributed by atoms with van der Waals surface area (Å²) in [4.78, 5) is 13.8. The highest BCUT2D eigenvalue weighted by molar-refractivity contribution is 5.42. The normalized spacial score (nSPS) is 10.5. The van der Waals surface area contributed by atoms with Gasteiger partial charge in [-0.3, -0.25) is 4.79 Å². The number of nitrogen functional groups attached to an aromatic ring is 1. The van der Waals surface area contributed by atoms with Crippen molar-refractivity contribution in [3.63, 3.8) is 0 Å². The van der Waals surface area contributed by atoms with Gasteiger partial charge in [0.05, 0.1) is 6.20 Å². The van der Waals surface area contributed by atoms with E-state index in [1.54, 1.807) is 6.07 Å². The predicted octanol–water partition coefficient (Wildman–Crippen LogP) is -0.395. The van der Waals surface area contributed by atoms with Gasteiger partial charge in [-0.25, -0.2) is 0 Å². The Balaban J connectivity index is 3.02. The van der Waals surface area contributed by atoms with Crippen LogP contribution in [0.15, 0.2) is 23.1 Å². The highest BCUT2D eigenvalue weighted by Gasteiger charge is 1.97. The van der Waals surface area contributed by atoms with Crippen LogP contribution in [0.25, 0.3) is 5.65 Å². The molecule has 2 rings (SSSR count). The second kappa shape index (κ2) is 1.85. The first-order valence-corrected chi connectivity index (χ1v) is 3.10. The number of nitrogens with two attached hydrogens (primary N) is 1. The fourth-order valence-corrected chi connectivity index (χ4v) is 0.952. The van der Waals surface area contributed by atoms with Crippen LogP contribution in [0.4, 0.5) is 5.82 Å². The van der Waals surface area contributed by atoms with Crippen LogP contribution in [-0.4, -0.2) is 14.6 Å². The van der Waals surface area contributed by atoms with Crippen LogP contribution in [0.3, 0.4) is 0 Å². The zero-order chi connectivity index (χ0) is 7.84. The van der Waals surface area contributed by atoms with Gasteiger partial charge in [0.25, 0.3) is 5.56 Å². The topological polar surface area (TPSA) is 76.2 Å². The summed E-state index contributed by atoms with van der Waals surface area (Å²) in [5, 5.41) is 3.78. The van der Waals surface area contributed by atoms with Crippen LogP contribution in [0.5, 0.6) is 0 Å². The number of rotatable bonds is 0. The van der Waals surface area contributed by atoms with Gasteiger partial charge in [-0.1, -0.05) is 0 Å². The van der Waals surface area contributed by atoms with Crippen molar-refractivity contribution in [2.45, 2.75) is 0 Å². The molecule has 0 aliphatic carbocycles. The Bertz CT molecular complexity index is 441. The van der Waals surface area contributed by atoms with Crippen LogP contribution < -0.4 is 11.3 Å². The Hall–Kier alpha value is -1.78. The quantitative estimate of drug-likeness (QED) is 0.536. The lowest BCUT2D eigenvalue weighted by molar-refractivity contribution is 0.902. The van der Waals surface area contributed by atoms with Crippen molar-refractivity contribution in [1.29, 1.82) is 0 Å². The van der Waals surface area contributed by atoms with E-state index in [4.69, 9.17) is 5.73 Å². The standard InChI is InChI=1S/C6H6N4O/c7-4-3-6(11)10-5(9-4)1-2-8-10/h1-3,9H,7H2. The third-order valence-corrected chi connectivity index (χ3v) is 1.40. The molecule has 0 bridgehead atoms. The van der Waals surface area contributed by atoms with Crippen molar-refractivity contribution in [1.82, 2.24) is 14.6 Å². The molecule has 0 amide bonds. The van der Waals surface area contributed by atoms with E-state index < -0.39 is 0 Å². The van der Waals surface area contributed by atoms with Gasteiger partial charge >= 0.3 is 0 Å². The summed E-state index contributed by atoms with van der Waals surface area (Å²) < 4.78 is 1.25. The van der Waals surface area contributed by atoms with Gasteiger partial charge in [0, 0.05) is 12.1 Å². The van der Waals surface area contributed by atoms with Gasteiger partial charge in [-0.2, -0.15) is 9.61 Å². The molecule has 5 nitrogen and oxygen atoms in total. The van der Waals surface area contributed by atoms with Gasteiger partial charge in [-0.05, 0) is 0 Å². The minimum atomic E-state index is -0.221. The highest BCUT2D eigenvalue weighted by Crippen LogP contribution is 1.96. The van der Waals surface area contributed by atoms with Crippen molar-refractivity contribution >= 4 is 11.5 Å². The van der Waals surface area contributed by atoms with E-state index >= 15 is 0 Å². The first-order chi connectivity index (χ1) is 5.27. The number of hydrogen-bond donors (Lipinski definition) is 2. The smallest absolute Gasteiger partial charge is 0.276 e. The SMILES string of the molecule is Nc1cc(=O)n2nccc2[nH]1. The molecule has 0 aliphatic heterocycles. The van der Waals surface area contributed by atoms with Crippen LogP contribution in [-0.2, 0) is 0 Å². The van der Waals surface area contributed by atoms with E-state index in [2.05, 4.69) is 10.1 Å². The molecule has 0 aliphatic rings. The van der Waals surface area contributed by atoms with E-state index in [1.165, 1.54) is 16.8 Å². The lowest BCUT2D eigenvalue weighted by atomic mass is 10.5. The van der Waals surface area contributed by atoms with Gasteiger partial charge < -0.3 is 10.7 Å². The number of fused-ring (bicyclic) bond motifs is 1. The Morgan fingerprint density at radius 3 is 3.27 bits per heavy atom. The Labute approximate surface area is 61.5 Å². The molecule has 5 heteroatoms. The van der Waals surface area contributed by atoms with E-state index in [0.29, 0.717) is 11.5 Å². The van der Waals surface area contributed by atoms with E-state index in [-0.39, 0.29) is 5.56 Å². The second-order valence-corrected chi connectivity index (χ2v) is 2.19. The monoisotopic (exact) mass is 150 g/mol. The molecule has 0 saturated heterocycles. The maximum atomic E-state index is 11.1. The number of H-pyrrole nitrogens is 1. The number of aromatic amines is 1. The average molecular weight is 150 g/mol.